The van der Waals surface area contributed by atoms with E-state index >= 15 is 0 Å². The minimum atomic E-state index is -0.219. The fourth-order valence-corrected chi connectivity index (χ4v) is 2.53. The molecule has 126 valence electrons. The number of benzene rings is 2. The first kappa shape index (κ1) is 18.0. The van der Waals surface area contributed by atoms with E-state index in [9.17, 15) is 9.59 Å². The summed E-state index contributed by atoms with van der Waals surface area (Å²) in [6.45, 7) is 5.71. The van der Waals surface area contributed by atoms with E-state index in [1.54, 1.807) is 12.1 Å². The summed E-state index contributed by atoms with van der Waals surface area (Å²) in [6.07, 6.45) is 0. The summed E-state index contributed by atoms with van der Waals surface area (Å²) in [5.74, 6) is -0.427. The molecule has 24 heavy (non-hydrogen) atoms. The number of carbonyl (C=O) groups is 2. The molecule has 1 N–H and O–H groups in total. The smallest absolute Gasteiger partial charge is 0.240 e. The second kappa shape index (κ2) is 7.97. The number of rotatable bonds is 5. The van der Waals surface area contributed by atoms with Gasteiger partial charge in [0.2, 0.25) is 11.8 Å². The first-order valence-electron chi connectivity index (χ1n) is 7.73. The molecule has 2 aromatic rings. The van der Waals surface area contributed by atoms with Crippen LogP contribution in [0.1, 0.15) is 23.6 Å². The zero-order chi connectivity index (χ0) is 17.7. The topological polar surface area (TPSA) is 49.4 Å². The van der Waals surface area contributed by atoms with Crippen molar-refractivity contribution in [3.8, 4) is 0 Å². The van der Waals surface area contributed by atoms with Gasteiger partial charge in [-0.2, -0.15) is 0 Å². The van der Waals surface area contributed by atoms with Crippen molar-refractivity contribution in [3.05, 3.63) is 64.2 Å². The molecule has 2 rings (SSSR count). The fraction of sp³-hybridized carbons (Fsp3) is 0.263. The normalized spacial score (nSPS) is 10.3. The van der Waals surface area contributed by atoms with Crippen molar-refractivity contribution < 1.29 is 9.59 Å². The van der Waals surface area contributed by atoms with E-state index in [4.69, 9.17) is 11.6 Å². The quantitative estimate of drug-likeness (QED) is 0.900. The summed E-state index contributed by atoms with van der Waals surface area (Å²) < 4.78 is 0. The van der Waals surface area contributed by atoms with E-state index in [0.717, 1.165) is 16.7 Å². The minimum absolute atomic E-state index is 0.0411. The van der Waals surface area contributed by atoms with E-state index in [0.29, 0.717) is 17.3 Å². The summed E-state index contributed by atoms with van der Waals surface area (Å²) in [6, 6.07) is 13.2. The van der Waals surface area contributed by atoms with E-state index in [1.165, 1.54) is 11.8 Å². The lowest BCUT2D eigenvalue weighted by molar-refractivity contribution is -0.123. The third-order valence-corrected chi connectivity index (χ3v) is 4.13. The molecule has 0 aliphatic rings. The van der Waals surface area contributed by atoms with E-state index in [2.05, 4.69) is 5.32 Å². The molecule has 0 spiro atoms. The molecule has 0 aliphatic heterocycles. The van der Waals surface area contributed by atoms with Crippen LogP contribution in [0.3, 0.4) is 0 Å². The van der Waals surface area contributed by atoms with E-state index < -0.39 is 0 Å². The summed E-state index contributed by atoms with van der Waals surface area (Å²) in [5, 5.41) is 3.41. The van der Waals surface area contributed by atoms with Crippen LogP contribution < -0.4 is 10.2 Å². The number of halogens is 1. The Morgan fingerprint density at radius 1 is 1.12 bits per heavy atom. The van der Waals surface area contributed by atoms with Gasteiger partial charge >= 0.3 is 0 Å². The van der Waals surface area contributed by atoms with Crippen LogP contribution in [0.2, 0.25) is 5.02 Å². The van der Waals surface area contributed by atoms with Gasteiger partial charge in [0.15, 0.2) is 0 Å². The molecule has 0 heterocycles. The van der Waals surface area contributed by atoms with Crippen LogP contribution in [0.5, 0.6) is 0 Å². The van der Waals surface area contributed by atoms with Gasteiger partial charge in [-0.15, -0.1) is 0 Å². The molecular weight excluding hydrogens is 324 g/mol. The van der Waals surface area contributed by atoms with E-state index in [1.807, 2.05) is 44.2 Å². The highest BCUT2D eigenvalue weighted by Gasteiger charge is 2.16. The lowest BCUT2D eigenvalue weighted by Crippen LogP contribution is -2.39. The molecule has 0 aromatic heterocycles. The van der Waals surface area contributed by atoms with Gasteiger partial charge in [0, 0.05) is 24.2 Å². The molecule has 0 radical (unpaired) electrons. The van der Waals surface area contributed by atoms with Crippen molar-refractivity contribution in [1.29, 1.82) is 0 Å². The zero-order valence-corrected chi connectivity index (χ0v) is 14.9. The Kier molecular flexibility index (Phi) is 5.99. The average Bonchev–Trinajstić information content (AvgIpc) is 2.53. The van der Waals surface area contributed by atoms with Gasteiger partial charge in [-0.3, -0.25) is 9.59 Å². The second-order valence-electron chi connectivity index (χ2n) is 5.80. The Morgan fingerprint density at radius 3 is 2.50 bits per heavy atom. The van der Waals surface area contributed by atoms with Crippen molar-refractivity contribution in [2.24, 2.45) is 0 Å². The molecule has 0 bridgehead atoms. The number of hydrogen-bond donors (Lipinski definition) is 1. The van der Waals surface area contributed by atoms with Crippen LogP contribution >= 0.6 is 11.6 Å². The Balaban J connectivity index is 2.03. The first-order chi connectivity index (χ1) is 11.4. The van der Waals surface area contributed by atoms with E-state index in [-0.39, 0.29) is 18.4 Å². The predicted octanol–water partition coefficient (Wildman–Crippen LogP) is 3.63. The van der Waals surface area contributed by atoms with Crippen LogP contribution in [-0.2, 0) is 16.1 Å². The summed E-state index contributed by atoms with van der Waals surface area (Å²) in [7, 11) is 0. The van der Waals surface area contributed by atoms with Crippen molar-refractivity contribution in [2.75, 3.05) is 11.4 Å². The maximum Gasteiger partial charge on any atom is 0.240 e. The first-order valence-corrected chi connectivity index (χ1v) is 8.11. The van der Waals surface area contributed by atoms with Gasteiger partial charge in [0.05, 0.1) is 0 Å². The van der Waals surface area contributed by atoms with Gasteiger partial charge in [-0.25, -0.2) is 0 Å². The second-order valence-corrected chi connectivity index (χ2v) is 6.21. The molecule has 2 aromatic carbocycles. The monoisotopic (exact) mass is 344 g/mol. The Morgan fingerprint density at radius 2 is 1.88 bits per heavy atom. The van der Waals surface area contributed by atoms with Crippen molar-refractivity contribution in [1.82, 2.24) is 5.32 Å². The van der Waals surface area contributed by atoms with Crippen LogP contribution in [0, 0.1) is 13.8 Å². The maximum absolute atomic E-state index is 12.2. The van der Waals surface area contributed by atoms with Crippen LogP contribution in [0.25, 0.3) is 0 Å². The Labute approximate surface area is 147 Å². The zero-order valence-electron chi connectivity index (χ0n) is 14.1. The third-order valence-electron chi connectivity index (χ3n) is 3.72. The van der Waals surface area contributed by atoms with Crippen LogP contribution in [0.4, 0.5) is 5.69 Å². The predicted molar refractivity (Wildman–Crippen MR) is 97.2 cm³/mol. The van der Waals surface area contributed by atoms with Gasteiger partial charge in [0.1, 0.15) is 6.54 Å². The van der Waals surface area contributed by atoms with Crippen molar-refractivity contribution in [2.45, 2.75) is 27.3 Å². The number of hydrogen-bond acceptors (Lipinski definition) is 2. The van der Waals surface area contributed by atoms with Gasteiger partial charge in [-0.05, 0) is 37.1 Å². The van der Waals surface area contributed by atoms with Gasteiger partial charge in [0.25, 0.3) is 0 Å². The molecular formula is C19H21ClN2O2. The number of anilines is 1. The lowest BCUT2D eigenvalue weighted by atomic mass is 10.1. The summed E-state index contributed by atoms with van der Waals surface area (Å²) in [5.41, 5.74) is 3.70. The SMILES string of the molecule is CC(=O)N(CC(=O)NCc1cccc(C)c1)c1ccc(C)c(Cl)c1. The standard InChI is InChI=1S/C19H21ClN2O2/c1-13-5-4-6-16(9-13)11-21-19(24)12-22(15(3)23)17-8-7-14(2)18(20)10-17/h4-10H,11-12H2,1-3H3,(H,21,24). The lowest BCUT2D eigenvalue weighted by Gasteiger charge is -2.21. The Hall–Kier alpha value is -2.33. The molecule has 4 nitrogen and oxygen atoms in total. The summed E-state index contributed by atoms with van der Waals surface area (Å²) in [4.78, 5) is 25.5. The highest BCUT2D eigenvalue weighted by atomic mass is 35.5. The van der Waals surface area contributed by atoms with Crippen LogP contribution in [0.15, 0.2) is 42.5 Å². The third kappa shape index (κ3) is 4.83. The highest BCUT2D eigenvalue weighted by Crippen LogP contribution is 2.23. The largest absolute Gasteiger partial charge is 0.350 e. The minimum Gasteiger partial charge on any atom is -0.350 e. The molecule has 0 aliphatic carbocycles. The molecule has 2 amide bonds. The molecule has 0 saturated carbocycles. The number of nitrogens with zero attached hydrogens (tertiary/aromatic N) is 1. The molecule has 0 fully saturated rings. The molecule has 5 heteroatoms. The van der Waals surface area contributed by atoms with Gasteiger partial charge < -0.3 is 10.2 Å². The molecule has 0 saturated heterocycles. The van der Waals surface area contributed by atoms with Gasteiger partial charge in [-0.1, -0.05) is 47.5 Å². The fourth-order valence-electron chi connectivity index (χ4n) is 2.36. The molecule has 0 unspecified atom stereocenters. The highest BCUT2D eigenvalue weighted by molar-refractivity contribution is 6.31. The summed E-state index contributed by atoms with van der Waals surface area (Å²) >= 11 is 6.12. The maximum atomic E-state index is 12.2. The molecule has 0 atom stereocenters. The number of amides is 2. The van der Waals surface area contributed by atoms with Crippen molar-refractivity contribution in [3.63, 3.8) is 0 Å². The average molecular weight is 345 g/mol. The Bertz CT molecular complexity index is 759. The number of carbonyl (C=O) groups excluding carboxylic acids is 2. The van der Waals surface area contributed by atoms with Crippen LogP contribution in [-0.4, -0.2) is 18.4 Å². The van der Waals surface area contributed by atoms with Crippen molar-refractivity contribution >= 4 is 29.1 Å². The number of nitrogens with one attached hydrogen (secondary N) is 1. The number of aryl methyl sites for hydroxylation is 2.